The van der Waals surface area contributed by atoms with E-state index in [0.717, 1.165) is 11.6 Å². The van der Waals surface area contributed by atoms with Crippen LogP contribution in [0.4, 0.5) is 0 Å². The molecule has 0 saturated carbocycles. The molecule has 1 aromatic heterocycles. The van der Waals surface area contributed by atoms with E-state index >= 15 is 0 Å². The standard InChI is InChI=1S/C24H27ClNO8P/c1-12(2)13-5-4-6-15(23(13)25)19-9-16(27)22-17(28)10-20(34-35(30,31)32)21(24(22)33-19)14-7-8-26(3)11-18(14)29/h4-6,9-10,12,14,18,28-29H,7-8,11H2,1-3H3,(H2,30,31,32)/t14-,18+/m0/s1. The van der Waals surface area contributed by atoms with Gasteiger partial charge in [-0.05, 0) is 37.6 Å². The van der Waals surface area contributed by atoms with Crippen LogP contribution < -0.4 is 9.95 Å². The average molecular weight is 524 g/mol. The fourth-order valence-corrected chi connectivity index (χ4v) is 5.46. The van der Waals surface area contributed by atoms with Gasteiger partial charge in [-0.1, -0.05) is 37.6 Å². The maximum absolute atomic E-state index is 13.2. The monoisotopic (exact) mass is 523 g/mol. The van der Waals surface area contributed by atoms with Gasteiger partial charge in [0.1, 0.15) is 28.2 Å². The lowest BCUT2D eigenvalue weighted by Gasteiger charge is -2.34. The fourth-order valence-electron chi connectivity index (χ4n) is 4.61. The molecule has 0 unspecified atom stereocenters. The van der Waals surface area contributed by atoms with Gasteiger partial charge in [-0.15, -0.1) is 0 Å². The van der Waals surface area contributed by atoms with E-state index < -0.39 is 31.0 Å². The van der Waals surface area contributed by atoms with Crippen LogP contribution in [-0.4, -0.2) is 51.1 Å². The van der Waals surface area contributed by atoms with Crippen LogP contribution in [0.2, 0.25) is 5.02 Å². The zero-order valence-corrected chi connectivity index (χ0v) is 21.1. The van der Waals surface area contributed by atoms with E-state index in [9.17, 15) is 29.4 Å². The molecule has 1 fully saturated rings. The van der Waals surface area contributed by atoms with Gasteiger partial charge in [0.25, 0.3) is 0 Å². The van der Waals surface area contributed by atoms with Crippen molar-refractivity contribution in [2.24, 2.45) is 0 Å². The number of phosphoric acid groups is 1. The van der Waals surface area contributed by atoms with Crippen LogP contribution in [0.1, 0.15) is 43.2 Å². The van der Waals surface area contributed by atoms with Crippen molar-refractivity contribution in [2.45, 2.75) is 38.2 Å². The van der Waals surface area contributed by atoms with Crippen molar-refractivity contribution < 1.29 is 33.5 Å². The Morgan fingerprint density at radius 1 is 1.26 bits per heavy atom. The minimum atomic E-state index is -5.05. The van der Waals surface area contributed by atoms with Crippen molar-refractivity contribution >= 4 is 30.4 Å². The third kappa shape index (κ3) is 5.11. The minimum Gasteiger partial charge on any atom is -0.507 e. The summed E-state index contributed by atoms with van der Waals surface area (Å²) in [6, 6.07) is 7.54. The Hall–Kier alpha value is -2.39. The highest BCUT2D eigenvalue weighted by molar-refractivity contribution is 7.46. The van der Waals surface area contributed by atoms with Gasteiger partial charge in [-0.3, -0.25) is 14.6 Å². The molecule has 4 N–H and O–H groups in total. The number of aromatic hydroxyl groups is 1. The summed E-state index contributed by atoms with van der Waals surface area (Å²) in [6.07, 6.45) is -0.547. The van der Waals surface area contributed by atoms with Crippen LogP contribution in [0.15, 0.2) is 39.5 Å². The second kappa shape index (κ2) is 9.58. The normalized spacial score (nSPS) is 19.4. The molecule has 1 aliphatic rings. The average Bonchev–Trinajstić information content (AvgIpc) is 2.73. The van der Waals surface area contributed by atoms with Gasteiger partial charge >= 0.3 is 7.82 Å². The number of phenolic OH excluding ortho intramolecular Hbond substituents is 1. The summed E-state index contributed by atoms with van der Waals surface area (Å²) < 4.78 is 22.8. The number of aliphatic hydroxyl groups is 1. The van der Waals surface area contributed by atoms with Crippen molar-refractivity contribution in [1.29, 1.82) is 0 Å². The van der Waals surface area contributed by atoms with Crippen LogP contribution in [0, 0.1) is 0 Å². The van der Waals surface area contributed by atoms with E-state index in [1.54, 1.807) is 12.1 Å². The van der Waals surface area contributed by atoms with E-state index in [1.807, 2.05) is 31.9 Å². The number of aliphatic hydroxyl groups excluding tert-OH is 1. The number of rotatable bonds is 5. The van der Waals surface area contributed by atoms with Gasteiger partial charge in [0.15, 0.2) is 5.43 Å². The van der Waals surface area contributed by atoms with Gasteiger partial charge in [-0.2, -0.15) is 0 Å². The van der Waals surface area contributed by atoms with Crippen LogP contribution >= 0.6 is 19.4 Å². The SMILES string of the molecule is CC(C)c1cccc(-c2cc(=O)c3c(O)cc(OP(=O)(O)O)c([C@H]4CCN(C)C[C@H]4O)c3o2)c1Cl. The first kappa shape index (κ1) is 25.7. The smallest absolute Gasteiger partial charge is 0.507 e. The number of likely N-dealkylation sites (N-methyl/N-ethyl adjacent to an activating group) is 1. The first-order valence-corrected chi connectivity index (χ1v) is 13.0. The number of phosphoric ester groups is 1. The van der Waals surface area contributed by atoms with Crippen molar-refractivity contribution in [3.63, 3.8) is 0 Å². The summed E-state index contributed by atoms with van der Waals surface area (Å²) in [6.45, 7) is 4.82. The third-order valence-corrected chi connectivity index (χ3v) is 7.13. The Bertz CT molecular complexity index is 1380. The number of likely N-dealkylation sites (tertiary alicyclic amines) is 1. The summed E-state index contributed by atoms with van der Waals surface area (Å²) in [5.41, 5.74) is 0.718. The van der Waals surface area contributed by atoms with E-state index in [2.05, 4.69) is 0 Å². The Kier molecular flexibility index (Phi) is 7.03. The molecule has 2 heterocycles. The minimum absolute atomic E-state index is 0.104. The molecular weight excluding hydrogens is 497 g/mol. The number of nitrogens with zero attached hydrogens (tertiary/aromatic N) is 1. The van der Waals surface area contributed by atoms with Gasteiger partial charge in [0, 0.05) is 35.7 Å². The van der Waals surface area contributed by atoms with Crippen molar-refractivity contribution in [3.8, 4) is 22.8 Å². The summed E-state index contributed by atoms with van der Waals surface area (Å²) in [5.74, 6) is -1.37. The molecule has 0 radical (unpaired) electrons. The number of benzene rings is 2. The summed E-state index contributed by atoms with van der Waals surface area (Å²) in [5, 5.41) is 21.7. The third-order valence-electron chi connectivity index (χ3n) is 6.27. The highest BCUT2D eigenvalue weighted by atomic mass is 35.5. The van der Waals surface area contributed by atoms with E-state index in [-0.39, 0.29) is 40.5 Å². The predicted molar refractivity (Wildman–Crippen MR) is 132 cm³/mol. The second-order valence-electron chi connectivity index (χ2n) is 9.16. The zero-order valence-electron chi connectivity index (χ0n) is 19.4. The Balaban J connectivity index is 2.05. The van der Waals surface area contributed by atoms with Crippen LogP contribution in [0.5, 0.6) is 11.5 Å². The lowest BCUT2D eigenvalue weighted by atomic mass is 9.85. The van der Waals surface area contributed by atoms with E-state index in [1.165, 1.54) is 6.07 Å². The number of fused-ring (bicyclic) bond motifs is 1. The van der Waals surface area contributed by atoms with Crippen molar-refractivity contribution in [3.05, 3.63) is 56.7 Å². The van der Waals surface area contributed by atoms with Crippen LogP contribution in [0.3, 0.4) is 0 Å². The van der Waals surface area contributed by atoms with Gasteiger partial charge in [0.05, 0.1) is 11.1 Å². The molecule has 2 atom stereocenters. The van der Waals surface area contributed by atoms with Crippen LogP contribution in [0.25, 0.3) is 22.3 Å². The number of hydrogen-bond donors (Lipinski definition) is 4. The number of β-amino-alcohol motifs (C(OH)–C–C–N with tert-alkyl or cyclic N) is 1. The zero-order chi connectivity index (χ0) is 25.7. The Morgan fingerprint density at radius 3 is 2.60 bits per heavy atom. The summed E-state index contributed by atoms with van der Waals surface area (Å²) >= 11 is 6.63. The summed E-state index contributed by atoms with van der Waals surface area (Å²) in [7, 11) is -3.21. The van der Waals surface area contributed by atoms with Crippen LogP contribution in [-0.2, 0) is 4.57 Å². The molecule has 188 valence electrons. The molecule has 11 heteroatoms. The number of hydrogen-bond acceptors (Lipinski definition) is 7. The van der Waals surface area contributed by atoms with Gasteiger partial charge < -0.3 is 24.1 Å². The molecule has 3 aromatic rings. The lowest BCUT2D eigenvalue weighted by Crippen LogP contribution is -2.40. The maximum atomic E-state index is 13.2. The predicted octanol–water partition coefficient (Wildman–Crippen LogP) is 4.19. The summed E-state index contributed by atoms with van der Waals surface area (Å²) in [4.78, 5) is 34.1. The topological polar surface area (TPSA) is 141 Å². The Labute approximate surface area is 206 Å². The second-order valence-corrected chi connectivity index (χ2v) is 10.7. The molecule has 4 rings (SSSR count). The van der Waals surface area contributed by atoms with Gasteiger partial charge in [-0.25, -0.2) is 4.57 Å². The van der Waals surface area contributed by atoms with Gasteiger partial charge in [0.2, 0.25) is 0 Å². The number of piperidine rings is 1. The highest BCUT2D eigenvalue weighted by Gasteiger charge is 2.35. The van der Waals surface area contributed by atoms with E-state index in [0.29, 0.717) is 23.6 Å². The van der Waals surface area contributed by atoms with Crippen molar-refractivity contribution in [1.82, 2.24) is 4.90 Å². The lowest BCUT2D eigenvalue weighted by molar-refractivity contribution is 0.0632. The largest absolute Gasteiger partial charge is 0.524 e. The maximum Gasteiger partial charge on any atom is 0.524 e. The molecule has 1 saturated heterocycles. The molecule has 0 spiro atoms. The first-order chi connectivity index (χ1) is 16.4. The Morgan fingerprint density at radius 2 is 1.97 bits per heavy atom. The quantitative estimate of drug-likeness (QED) is 0.362. The molecule has 2 aromatic carbocycles. The van der Waals surface area contributed by atoms with E-state index in [4.69, 9.17) is 20.5 Å². The molecule has 9 nitrogen and oxygen atoms in total. The fraction of sp³-hybridized carbons (Fsp3) is 0.375. The molecule has 0 aliphatic carbocycles. The first-order valence-electron chi connectivity index (χ1n) is 11.1. The molecule has 1 aliphatic heterocycles. The molecule has 0 amide bonds. The molecule has 35 heavy (non-hydrogen) atoms. The number of phenols is 1. The highest BCUT2D eigenvalue weighted by Crippen LogP contribution is 2.48. The van der Waals surface area contributed by atoms with Crippen molar-refractivity contribution in [2.75, 3.05) is 20.1 Å². The number of halogens is 1. The molecular formula is C24H27ClNO8P. The molecule has 0 bridgehead atoms.